The summed E-state index contributed by atoms with van der Waals surface area (Å²) in [6.45, 7) is 0.384. The van der Waals surface area contributed by atoms with E-state index < -0.39 is 0 Å². The molecule has 0 aromatic heterocycles. The van der Waals surface area contributed by atoms with Crippen molar-refractivity contribution < 1.29 is 4.79 Å². The molecule has 0 radical (unpaired) electrons. The van der Waals surface area contributed by atoms with Crippen molar-refractivity contribution in [3.05, 3.63) is 24.3 Å². The number of thioether (sulfide) groups is 1. The molecule has 0 spiro atoms. The van der Waals surface area contributed by atoms with E-state index in [1.54, 1.807) is 18.8 Å². The number of benzene rings is 1. The van der Waals surface area contributed by atoms with Crippen LogP contribution in [0.1, 0.15) is 0 Å². The van der Waals surface area contributed by atoms with Gasteiger partial charge in [0.25, 0.3) is 0 Å². The first kappa shape index (κ1) is 11.9. The SMILES string of the molecule is CNC(=O)CN(C)c1ccc(SC)cc1. The van der Waals surface area contributed by atoms with Gasteiger partial charge in [0.2, 0.25) is 5.91 Å². The third-order valence-electron chi connectivity index (χ3n) is 2.17. The minimum Gasteiger partial charge on any atom is -0.365 e. The predicted molar refractivity (Wildman–Crippen MR) is 65.6 cm³/mol. The second-order valence-corrected chi connectivity index (χ2v) is 4.11. The Morgan fingerprint density at radius 3 is 2.47 bits per heavy atom. The second kappa shape index (κ2) is 5.66. The van der Waals surface area contributed by atoms with Crippen LogP contribution in [0.4, 0.5) is 5.69 Å². The second-order valence-electron chi connectivity index (χ2n) is 3.23. The van der Waals surface area contributed by atoms with Crippen LogP contribution in [0, 0.1) is 0 Å². The molecule has 3 nitrogen and oxygen atoms in total. The average molecular weight is 224 g/mol. The lowest BCUT2D eigenvalue weighted by atomic mass is 10.3. The molecule has 0 saturated heterocycles. The topological polar surface area (TPSA) is 32.3 Å². The number of carbonyl (C=O) groups excluding carboxylic acids is 1. The zero-order chi connectivity index (χ0) is 11.3. The van der Waals surface area contributed by atoms with Crippen molar-refractivity contribution in [3.8, 4) is 0 Å². The predicted octanol–water partition coefficient (Wildman–Crippen LogP) is 1.59. The maximum absolute atomic E-state index is 11.2. The van der Waals surface area contributed by atoms with Gasteiger partial charge in [-0.1, -0.05) is 0 Å². The van der Waals surface area contributed by atoms with Crippen molar-refractivity contribution >= 4 is 23.4 Å². The monoisotopic (exact) mass is 224 g/mol. The molecule has 82 valence electrons. The third kappa shape index (κ3) is 3.47. The molecule has 0 aliphatic rings. The molecule has 0 heterocycles. The zero-order valence-corrected chi connectivity index (χ0v) is 10.1. The maximum atomic E-state index is 11.2. The van der Waals surface area contributed by atoms with Crippen LogP contribution in [0.15, 0.2) is 29.2 Å². The van der Waals surface area contributed by atoms with E-state index in [1.807, 2.05) is 30.3 Å². The fourth-order valence-corrected chi connectivity index (χ4v) is 1.63. The lowest BCUT2D eigenvalue weighted by Crippen LogP contribution is -2.32. The van der Waals surface area contributed by atoms with Crippen molar-refractivity contribution in [2.75, 3.05) is 31.8 Å². The van der Waals surface area contributed by atoms with Crippen molar-refractivity contribution in [3.63, 3.8) is 0 Å². The minimum absolute atomic E-state index is 0.0199. The van der Waals surface area contributed by atoms with E-state index in [-0.39, 0.29) is 5.91 Å². The van der Waals surface area contributed by atoms with Crippen LogP contribution in [-0.4, -0.2) is 32.8 Å². The fraction of sp³-hybridized carbons (Fsp3) is 0.364. The Morgan fingerprint density at radius 1 is 1.40 bits per heavy atom. The molecule has 0 atom stereocenters. The molecule has 15 heavy (non-hydrogen) atoms. The third-order valence-corrected chi connectivity index (χ3v) is 2.92. The van der Waals surface area contributed by atoms with Crippen molar-refractivity contribution in [1.82, 2.24) is 5.32 Å². The number of anilines is 1. The van der Waals surface area contributed by atoms with Gasteiger partial charge in [0, 0.05) is 24.7 Å². The number of hydrogen-bond acceptors (Lipinski definition) is 3. The molecule has 0 unspecified atom stereocenters. The molecular weight excluding hydrogens is 208 g/mol. The van der Waals surface area contributed by atoms with E-state index in [0.29, 0.717) is 6.54 Å². The van der Waals surface area contributed by atoms with E-state index in [4.69, 9.17) is 0 Å². The number of amides is 1. The first-order valence-electron chi connectivity index (χ1n) is 4.73. The molecule has 0 bridgehead atoms. The first-order valence-corrected chi connectivity index (χ1v) is 5.95. The molecule has 0 aliphatic heterocycles. The minimum atomic E-state index is 0.0199. The first-order chi connectivity index (χ1) is 7.17. The number of nitrogens with zero attached hydrogens (tertiary/aromatic N) is 1. The normalized spacial score (nSPS) is 9.80. The lowest BCUT2D eigenvalue weighted by molar-refractivity contribution is -0.119. The van der Waals surface area contributed by atoms with Crippen LogP contribution in [0.25, 0.3) is 0 Å². The highest BCUT2D eigenvalue weighted by Crippen LogP contribution is 2.19. The van der Waals surface area contributed by atoms with Gasteiger partial charge in [-0.05, 0) is 30.5 Å². The molecule has 1 aromatic carbocycles. The van der Waals surface area contributed by atoms with E-state index >= 15 is 0 Å². The van der Waals surface area contributed by atoms with Crippen LogP contribution >= 0.6 is 11.8 Å². The van der Waals surface area contributed by atoms with Gasteiger partial charge in [-0.3, -0.25) is 4.79 Å². The summed E-state index contributed by atoms with van der Waals surface area (Å²) in [5.41, 5.74) is 1.05. The molecule has 0 fully saturated rings. The Bertz CT molecular complexity index is 324. The van der Waals surface area contributed by atoms with E-state index in [9.17, 15) is 4.79 Å². The number of likely N-dealkylation sites (N-methyl/N-ethyl adjacent to an activating group) is 2. The Balaban J connectivity index is 2.65. The van der Waals surface area contributed by atoms with Crippen LogP contribution in [0.3, 0.4) is 0 Å². The molecule has 4 heteroatoms. The van der Waals surface area contributed by atoms with Crippen molar-refractivity contribution in [1.29, 1.82) is 0 Å². The summed E-state index contributed by atoms with van der Waals surface area (Å²) in [6, 6.07) is 8.16. The Kier molecular flexibility index (Phi) is 4.49. The maximum Gasteiger partial charge on any atom is 0.239 e. The van der Waals surface area contributed by atoms with Gasteiger partial charge in [-0.25, -0.2) is 0 Å². The number of nitrogens with one attached hydrogen (secondary N) is 1. The lowest BCUT2D eigenvalue weighted by Gasteiger charge is -2.18. The average Bonchev–Trinajstić information content (AvgIpc) is 2.29. The fourth-order valence-electron chi connectivity index (χ4n) is 1.22. The highest BCUT2D eigenvalue weighted by Gasteiger charge is 2.04. The van der Waals surface area contributed by atoms with Gasteiger partial charge in [-0.2, -0.15) is 0 Å². The molecule has 1 N–H and O–H groups in total. The molecule has 1 rings (SSSR count). The van der Waals surface area contributed by atoms with Gasteiger partial charge in [0.1, 0.15) is 0 Å². The van der Waals surface area contributed by atoms with Gasteiger partial charge in [-0.15, -0.1) is 11.8 Å². The Labute approximate surface area is 94.9 Å². The number of hydrogen-bond donors (Lipinski definition) is 1. The largest absolute Gasteiger partial charge is 0.365 e. The highest BCUT2D eigenvalue weighted by atomic mass is 32.2. The van der Waals surface area contributed by atoms with Gasteiger partial charge in [0.05, 0.1) is 6.54 Å². The summed E-state index contributed by atoms with van der Waals surface area (Å²) in [5, 5.41) is 2.60. The summed E-state index contributed by atoms with van der Waals surface area (Å²) in [7, 11) is 3.55. The van der Waals surface area contributed by atoms with Gasteiger partial charge >= 0.3 is 0 Å². The summed E-state index contributed by atoms with van der Waals surface area (Å²) >= 11 is 1.71. The number of rotatable bonds is 4. The van der Waals surface area contributed by atoms with Crippen molar-refractivity contribution in [2.45, 2.75) is 4.90 Å². The Morgan fingerprint density at radius 2 is 2.00 bits per heavy atom. The molecular formula is C11H16N2OS. The van der Waals surface area contributed by atoms with Crippen LogP contribution in [0.5, 0.6) is 0 Å². The zero-order valence-electron chi connectivity index (χ0n) is 9.28. The van der Waals surface area contributed by atoms with E-state index in [1.165, 1.54) is 4.90 Å². The Hall–Kier alpha value is -1.16. The van der Waals surface area contributed by atoms with Crippen LogP contribution in [0.2, 0.25) is 0 Å². The number of carbonyl (C=O) groups is 1. The molecule has 0 saturated carbocycles. The van der Waals surface area contributed by atoms with Crippen LogP contribution in [-0.2, 0) is 4.79 Å². The van der Waals surface area contributed by atoms with E-state index in [0.717, 1.165) is 5.69 Å². The molecule has 1 aromatic rings. The smallest absolute Gasteiger partial charge is 0.239 e. The highest BCUT2D eigenvalue weighted by molar-refractivity contribution is 7.98. The summed E-state index contributed by atoms with van der Waals surface area (Å²) < 4.78 is 0. The summed E-state index contributed by atoms with van der Waals surface area (Å²) in [4.78, 5) is 14.3. The van der Waals surface area contributed by atoms with E-state index in [2.05, 4.69) is 17.4 Å². The quantitative estimate of drug-likeness (QED) is 0.788. The summed E-state index contributed by atoms with van der Waals surface area (Å²) in [6.07, 6.45) is 2.04. The van der Waals surface area contributed by atoms with Crippen LogP contribution < -0.4 is 10.2 Å². The summed E-state index contributed by atoms with van der Waals surface area (Å²) in [5.74, 6) is 0.0199. The van der Waals surface area contributed by atoms with Gasteiger partial charge in [0.15, 0.2) is 0 Å². The molecule has 0 aliphatic carbocycles. The standard InChI is InChI=1S/C11H16N2OS/c1-12-11(14)8-13(2)9-4-6-10(15-3)7-5-9/h4-7H,8H2,1-3H3,(H,12,14). The van der Waals surface area contributed by atoms with Crippen molar-refractivity contribution in [2.24, 2.45) is 0 Å². The van der Waals surface area contributed by atoms with Gasteiger partial charge < -0.3 is 10.2 Å². The molecule has 1 amide bonds.